The molecule has 0 saturated carbocycles. The molecule has 1 aliphatic rings. The molecule has 1 aromatic carbocycles. The first-order valence-electron chi connectivity index (χ1n) is 10.8. The number of nitrogens with one attached hydrogen (secondary N) is 1. The Balaban J connectivity index is 1.43. The molecule has 0 unspecified atom stereocenters. The molecule has 0 spiro atoms. The van der Waals surface area contributed by atoms with Crippen molar-refractivity contribution in [3.8, 4) is 23.0 Å². The van der Waals surface area contributed by atoms with Gasteiger partial charge in [0.1, 0.15) is 5.75 Å². The summed E-state index contributed by atoms with van der Waals surface area (Å²) in [4.78, 5) is 24.0. The van der Waals surface area contributed by atoms with Gasteiger partial charge in [-0.2, -0.15) is 5.10 Å². The number of hydrogen-bond acceptors (Lipinski definition) is 7. The van der Waals surface area contributed by atoms with Crippen molar-refractivity contribution in [1.82, 2.24) is 30.0 Å². The molecule has 32 heavy (non-hydrogen) atoms. The monoisotopic (exact) mass is 436 g/mol. The van der Waals surface area contributed by atoms with Gasteiger partial charge in [0.15, 0.2) is 0 Å². The van der Waals surface area contributed by atoms with Gasteiger partial charge in [0.2, 0.25) is 0 Å². The van der Waals surface area contributed by atoms with Crippen LogP contribution in [0.3, 0.4) is 0 Å². The molecule has 9 heteroatoms. The Labute approximate surface area is 187 Å². The van der Waals surface area contributed by atoms with Crippen LogP contribution in [0.2, 0.25) is 0 Å². The Kier molecular flexibility index (Phi) is 7.08. The average Bonchev–Trinajstić information content (AvgIpc) is 3.23. The van der Waals surface area contributed by atoms with Crippen molar-refractivity contribution in [1.29, 1.82) is 0 Å². The van der Waals surface area contributed by atoms with Crippen LogP contribution in [0.15, 0.2) is 42.7 Å². The third-order valence-corrected chi connectivity index (χ3v) is 5.51. The normalized spacial score (nSPS) is 14.3. The van der Waals surface area contributed by atoms with Crippen molar-refractivity contribution in [2.24, 2.45) is 0 Å². The number of aromatic nitrogens is 4. The Hall–Kier alpha value is -3.30. The zero-order valence-electron chi connectivity index (χ0n) is 18.5. The predicted molar refractivity (Wildman–Crippen MR) is 120 cm³/mol. The largest absolute Gasteiger partial charge is 0.496 e. The van der Waals surface area contributed by atoms with E-state index in [1.165, 1.54) is 0 Å². The van der Waals surface area contributed by atoms with Gasteiger partial charge in [-0.25, -0.2) is 14.6 Å². The van der Waals surface area contributed by atoms with Gasteiger partial charge in [-0.3, -0.25) is 9.69 Å². The number of methoxy groups -OCH3 is 1. The van der Waals surface area contributed by atoms with E-state index >= 15 is 0 Å². The first-order valence-corrected chi connectivity index (χ1v) is 10.8. The van der Waals surface area contributed by atoms with E-state index in [2.05, 4.69) is 25.3 Å². The lowest BCUT2D eigenvalue weighted by Crippen LogP contribution is -2.38. The SMILES string of the molecule is COc1ccccc1-c1ccnc(-n2ncc(C(=O)NCCCN3CCOCC3)c2C)n1. The molecule has 2 aromatic heterocycles. The van der Waals surface area contributed by atoms with Gasteiger partial charge in [0.05, 0.1) is 43.5 Å². The fourth-order valence-electron chi connectivity index (χ4n) is 3.72. The topological polar surface area (TPSA) is 94.4 Å². The zero-order chi connectivity index (χ0) is 22.3. The summed E-state index contributed by atoms with van der Waals surface area (Å²) in [5.41, 5.74) is 2.79. The van der Waals surface area contributed by atoms with Crippen LogP contribution in [-0.2, 0) is 4.74 Å². The second-order valence-electron chi connectivity index (χ2n) is 7.56. The fourth-order valence-corrected chi connectivity index (χ4v) is 3.72. The summed E-state index contributed by atoms with van der Waals surface area (Å²) in [6.07, 6.45) is 4.13. The van der Waals surface area contributed by atoms with Crippen LogP contribution in [-0.4, -0.2) is 77.1 Å². The molecule has 1 aliphatic heterocycles. The molecule has 168 valence electrons. The summed E-state index contributed by atoms with van der Waals surface area (Å²) >= 11 is 0. The highest BCUT2D eigenvalue weighted by molar-refractivity contribution is 5.95. The van der Waals surface area contributed by atoms with Gasteiger partial charge in [-0.1, -0.05) is 12.1 Å². The predicted octanol–water partition coefficient (Wildman–Crippen LogP) is 2.10. The Morgan fingerprint density at radius 2 is 2.03 bits per heavy atom. The van der Waals surface area contributed by atoms with Crippen molar-refractivity contribution in [2.75, 3.05) is 46.5 Å². The molecule has 4 rings (SSSR count). The average molecular weight is 437 g/mol. The molecule has 1 fully saturated rings. The summed E-state index contributed by atoms with van der Waals surface area (Å²) in [7, 11) is 1.63. The summed E-state index contributed by atoms with van der Waals surface area (Å²) in [6.45, 7) is 6.87. The Bertz CT molecular complexity index is 1060. The van der Waals surface area contributed by atoms with Crippen LogP contribution in [0, 0.1) is 6.92 Å². The van der Waals surface area contributed by atoms with Gasteiger partial charge >= 0.3 is 0 Å². The molecule has 1 N–H and O–H groups in total. The van der Waals surface area contributed by atoms with E-state index in [0.29, 0.717) is 23.8 Å². The van der Waals surface area contributed by atoms with Crippen LogP contribution >= 0.6 is 0 Å². The molecule has 0 bridgehead atoms. The number of nitrogens with zero attached hydrogens (tertiary/aromatic N) is 5. The van der Waals surface area contributed by atoms with Crippen LogP contribution in [0.5, 0.6) is 5.75 Å². The standard InChI is InChI=1S/C23H28N6O3/c1-17-19(22(30)24-9-5-11-28-12-14-32-15-13-28)16-26-29(17)23-25-10-8-20(27-23)18-6-3-4-7-21(18)31-2/h3-4,6-8,10,16H,5,9,11-15H2,1-2H3,(H,24,30). The van der Waals surface area contributed by atoms with E-state index < -0.39 is 0 Å². The van der Waals surface area contributed by atoms with Crippen molar-refractivity contribution in [3.63, 3.8) is 0 Å². The number of amides is 1. The van der Waals surface area contributed by atoms with E-state index in [9.17, 15) is 4.79 Å². The molecule has 1 amide bonds. The van der Waals surface area contributed by atoms with Gasteiger partial charge < -0.3 is 14.8 Å². The highest BCUT2D eigenvalue weighted by Crippen LogP contribution is 2.28. The van der Waals surface area contributed by atoms with E-state index in [-0.39, 0.29) is 5.91 Å². The van der Waals surface area contributed by atoms with Crippen LogP contribution < -0.4 is 10.1 Å². The fraction of sp³-hybridized carbons (Fsp3) is 0.391. The minimum absolute atomic E-state index is 0.142. The van der Waals surface area contributed by atoms with Crippen molar-refractivity contribution in [2.45, 2.75) is 13.3 Å². The molecule has 0 atom stereocenters. The number of para-hydroxylation sites is 1. The smallest absolute Gasteiger partial charge is 0.254 e. The number of carbonyl (C=O) groups is 1. The summed E-state index contributed by atoms with van der Waals surface area (Å²) < 4.78 is 12.4. The molecule has 9 nitrogen and oxygen atoms in total. The van der Waals surface area contributed by atoms with Crippen molar-refractivity contribution < 1.29 is 14.3 Å². The summed E-state index contributed by atoms with van der Waals surface area (Å²) in [5, 5.41) is 7.35. The maximum absolute atomic E-state index is 12.7. The second-order valence-corrected chi connectivity index (χ2v) is 7.56. The van der Waals surface area contributed by atoms with Crippen molar-refractivity contribution >= 4 is 5.91 Å². The second kappa shape index (κ2) is 10.3. The summed E-state index contributed by atoms with van der Waals surface area (Å²) in [5.74, 6) is 0.986. The van der Waals surface area contributed by atoms with Crippen LogP contribution in [0.25, 0.3) is 17.2 Å². The number of benzene rings is 1. The van der Waals surface area contributed by atoms with E-state index in [1.54, 1.807) is 24.2 Å². The number of ether oxygens (including phenoxy) is 2. The highest BCUT2D eigenvalue weighted by Gasteiger charge is 2.17. The van der Waals surface area contributed by atoms with Crippen molar-refractivity contribution in [3.05, 3.63) is 54.0 Å². The zero-order valence-corrected chi connectivity index (χ0v) is 18.5. The lowest BCUT2D eigenvalue weighted by atomic mass is 10.1. The maximum Gasteiger partial charge on any atom is 0.254 e. The number of morpholine rings is 1. The first kappa shape index (κ1) is 21.9. The molecule has 3 heterocycles. The van der Waals surface area contributed by atoms with Gasteiger partial charge in [-0.05, 0) is 38.1 Å². The Morgan fingerprint density at radius 1 is 1.22 bits per heavy atom. The quantitative estimate of drug-likeness (QED) is 0.541. The van der Waals surface area contributed by atoms with Crippen LogP contribution in [0.1, 0.15) is 22.5 Å². The van der Waals surface area contributed by atoms with Gasteiger partial charge in [0, 0.05) is 31.4 Å². The molecule has 0 aliphatic carbocycles. The van der Waals surface area contributed by atoms with Crippen LogP contribution in [0.4, 0.5) is 0 Å². The number of rotatable bonds is 8. The lowest BCUT2D eigenvalue weighted by molar-refractivity contribution is 0.0374. The van der Waals surface area contributed by atoms with E-state index in [1.807, 2.05) is 37.3 Å². The molecule has 3 aromatic rings. The molecule has 1 saturated heterocycles. The van der Waals surface area contributed by atoms with E-state index in [0.717, 1.165) is 56.3 Å². The highest BCUT2D eigenvalue weighted by atomic mass is 16.5. The number of carbonyl (C=O) groups excluding carboxylic acids is 1. The first-order chi connectivity index (χ1) is 15.7. The molecular weight excluding hydrogens is 408 g/mol. The Morgan fingerprint density at radius 3 is 2.84 bits per heavy atom. The minimum Gasteiger partial charge on any atom is -0.496 e. The third-order valence-electron chi connectivity index (χ3n) is 5.51. The van der Waals surface area contributed by atoms with E-state index in [4.69, 9.17) is 9.47 Å². The maximum atomic E-state index is 12.7. The lowest BCUT2D eigenvalue weighted by Gasteiger charge is -2.26. The van der Waals surface area contributed by atoms with Gasteiger partial charge in [-0.15, -0.1) is 0 Å². The van der Waals surface area contributed by atoms with Gasteiger partial charge in [0.25, 0.3) is 11.9 Å². The minimum atomic E-state index is -0.142. The molecule has 0 radical (unpaired) electrons. The number of hydrogen-bond donors (Lipinski definition) is 1. The summed E-state index contributed by atoms with van der Waals surface area (Å²) in [6, 6.07) is 9.49. The molecular formula is C23H28N6O3. The third kappa shape index (κ3) is 4.95.